The quantitative estimate of drug-likeness (QED) is 0.756. The van der Waals surface area contributed by atoms with Crippen molar-refractivity contribution in [3.8, 4) is 0 Å². The molecule has 1 aromatic carbocycles. The molecule has 7 heteroatoms. The number of rotatable bonds is 7. The van der Waals surface area contributed by atoms with Gasteiger partial charge in [-0.15, -0.1) is 0 Å². The fourth-order valence-electron chi connectivity index (χ4n) is 1.98. The summed E-state index contributed by atoms with van der Waals surface area (Å²) in [6.07, 6.45) is 5.44. The van der Waals surface area contributed by atoms with Crippen LogP contribution in [0.3, 0.4) is 0 Å². The predicted molar refractivity (Wildman–Crippen MR) is 89.1 cm³/mol. The number of aromatic nitrogens is 1. The number of pyridine rings is 1. The van der Waals surface area contributed by atoms with Gasteiger partial charge in [0.1, 0.15) is 11.6 Å². The van der Waals surface area contributed by atoms with E-state index in [0.29, 0.717) is 6.54 Å². The van der Waals surface area contributed by atoms with Crippen molar-refractivity contribution in [2.24, 2.45) is 0 Å². The summed E-state index contributed by atoms with van der Waals surface area (Å²) in [6.45, 7) is 0.493. The van der Waals surface area contributed by atoms with Gasteiger partial charge in [-0.2, -0.15) is 0 Å². The third-order valence-electron chi connectivity index (χ3n) is 3.29. The summed E-state index contributed by atoms with van der Waals surface area (Å²) in [7, 11) is 0. The average molecular weight is 345 g/mol. The van der Waals surface area contributed by atoms with E-state index in [1.165, 1.54) is 6.07 Å². The van der Waals surface area contributed by atoms with Crippen molar-refractivity contribution >= 4 is 17.9 Å². The molecule has 0 aliphatic carbocycles. The number of halogens is 2. The SMILES string of the molecule is O=C(/C=C/c1c(F)cccc1F)NCCC(=O)NCc1ccncc1. The van der Waals surface area contributed by atoms with Crippen molar-refractivity contribution in [3.63, 3.8) is 0 Å². The minimum atomic E-state index is -0.750. The summed E-state index contributed by atoms with van der Waals surface area (Å²) < 4.78 is 26.8. The van der Waals surface area contributed by atoms with Gasteiger partial charge < -0.3 is 10.6 Å². The number of benzene rings is 1. The van der Waals surface area contributed by atoms with Gasteiger partial charge in [0, 0.05) is 43.5 Å². The number of amides is 2. The number of carbonyl (C=O) groups is 2. The van der Waals surface area contributed by atoms with Crippen LogP contribution in [0.1, 0.15) is 17.5 Å². The Bertz CT molecular complexity index is 744. The molecular weight excluding hydrogens is 328 g/mol. The molecule has 130 valence electrons. The Kier molecular flexibility index (Phi) is 6.76. The Morgan fingerprint density at radius 1 is 1.04 bits per heavy atom. The first-order valence-corrected chi connectivity index (χ1v) is 7.62. The number of carbonyl (C=O) groups excluding carboxylic acids is 2. The predicted octanol–water partition coefficient (Wildman–Crippen LogP) is 2.20. The number of nitrogens with zero attached hydrogens (tertiary/aromatic N) is 1. The monoisotopic (exact) mass is 345 g/mol. The van der Waals surface area contributed by atoms with Gasteiger partial charge in [0.05, 0.1) is 0 Å². The zero-order valence-electron chi connectivity index (χ0n) is 13.3. The molecule has 0 bridgehead atoms. The molecule has 0 aliphatic heterocycles. The lowest BCUT2D eigenvalue weighted by Gasteiger charge is -2.05. The van der Waals surface area contributed by atoms with Crippen LogP contribution < -0.4 is 10.6 Å². The molecule has 0 atom stereocenters. The Hall–Kier alpha value is -3.09. The van der Waals surface area contributed by atoms with Crippen molar-refractivity contribution in [3.05, 3.63) is 71.6 Å². The smallest absolute Gasteiger partial charge is 0.244 e. The molecule has 0 saturated heterocycles. The Balaban J connectivity index is 1.71. The fourth-order valence-corrected chi connectivity index (χ4v) is 1.98. The van der Waals surface area contributed by atoms with Crippen LogP contribution in [0.15, 0.2) is 48.8 Å². The van der Waals surface area contributed by atoms with E-state index in [1.54, 1.807) is 24.5 Å². The van der Waals surface area contributed by atoms with Crippen molar-refractivity contribution in [1.82, 2.24) is 15.6 Å². The molecule has 0 fully saturated rings. The highest BCUT2D eigenvalue weighted by Crippen LogP contribution is 2.13. The molecule has 2 aromatic rings. The molecule has 0 unspecified atom stereocenters. The second kappa shape index (κ2) is 9.27. The Labute approximate surface area is 143 Å². The highest BCUT2D eigenvalue weighted by atomic mass is 19.1. The average Bonchev–Trinajstić information content (AvgIpc) is 2.60. The van der Waals surface area contributed by atoms with Gasteiger partial charge in [0.2, 0.25) is 11.8 Å². The van der Waals surface area contributed by atoms with Crippen molar-refractivity contribution < 1.29 is 18.4 Å². The molecule has 2 rings (SSSR count). The molecule has 2 N–H and O–H groups in total. The summed E-state index contributed by atoms with van der Waals surface area (Å²) in [5.41, 5.74) is 0.634. The third kappa shape index (κ3) is 6.14. The van der Waals surface area contributed by atoms with E-state index in [-0.39, 0.29) is 24.4 Å². The zero-order chi connectivity index (χ0) is 18.1. The van der Waals surface area contributed by atoms with Crippen LogP contribution >= 0.6 is 0 Å². The molecule has 0 spiro atoms. The van der Waals surface area contributed by atoms with Crippen LogP contribution in [0, 0.1) is 11.6 Å². The summed E-state index contributed by atoms with van der Waals surface area (Å²) >= 11 is 0. The van der Waals surface area contributed by atoms with E-state index in [9.17, 15) is 18.4 Å². The van der Waals surface area contributed by atoms with E-state index in [2.05, 4.69) is 15.6 Å². The van der Waals surface area contributed by atoms with Crippen molar-refractivity contribution in [2.45, 2.75) is 13.0 Å². The molecule has 5 nitrogen and oxygen atoms in total. The first-order valence-electron chi connectivity index (χ1n) is 7.62. The maximum Gasteiger partial charge on any atom is 0.244 e. The van der Waals surface area contributed by atoms with Gasteiger partial charge in [0.15, 0.2) is 0 Å². The highest BCUT2D eigenvalue weighted by Gasteiger charge is 2.06. The number of hydrogen-bond acceptors (Lipinski definition) is 3. The molecule has 1 heterocycles. The minimum Gasteiger partial charge on any atom is -0.352 e. The molecular formula is C18H17F2N3O2. The summed E-state index contributed by atoms with van der Waals surface area (Å²) in [5.74, 6) is -2.26. The lowest BCUT2D eigenvalue weighted by molar-refractivity contribution is -0.121. The summed E-state index contributed by atoms with van der Waals surface area (Å²) in [6, 6.07) is 7.03. The van der Waals surface area contributed by atoms with Crippen molar-refractivity contribution in [2.75, 3.05) is 6.54 Å². The lowest BCUT2D eigenvalue weighted by Crippen LogP contribution is -2.29. The van der Waals surface area contributed by atoms with Crippen LogP contribution in [0.5, 0.6) is 0 Å². The second-order valence-corrected chi connectivity index (χ2v) is 5.14. The fraction of sp³-hybridized carbons (Fsp3) is 0.167. The van der Waals surface area contributed by atoms with Gasteiger partial charge in [-0.25, -0.2) is 8.78 Å². The van der Waals surface area contributed by atoms with Gasteiger partial charge in [-0.3, -0.25) is 14.6 Å². The summed E-state index contributed by atoms with van der Waals surface area (Å²) in [5, 5.41) is 5.19. The van der Waals surface area contributed by atoms with E-state index in [4.69, 9.17) is 0 Å². The van der Waals surface area contributed by atoms with E-state index >= 15 is 0 Å². The lowest BCUT2D eigenvalue weighted by atomic mass is 10.2. The van der Waals surface area contributed by atoms with Crippen molar-refractivity contribution in [1.29, 1.82) is 0 Å². The topological polar surface area (TPSA) is 71.1 Å². The van der Waals surface area contributed by atoms with E-state index < -0.39 is 17.5 Å². The van der Waals surface area contributed by atoms with E-state index in [1.807, 2.05) is 0 Å². The van der Waals surface area contributed by atoms with Gasteiger partial charge in [-0.1, -0.05) is 6.07 Å². The van der Waals surface area contributed by atoms with Crippen LogP contribution in [0.4, 0.5) is 8.78 Å². The van der Waals surface area contributed by atoms with Gasteiger partial charge in [0.25, 0.3) is 0 Å². The standard InChI is InChI=1S/C18H17F2N3O2/c19-15-2-1-3-16(20)14(15)4-5-17(24)22-11-8-18(25)23-12-13-6-9-21-10-7-13/h1-7,9-10H,8,11-12H2,(H,22,24)(H,23,25)/b5-4+. The second-order valence-electron chi connectivity index (χ2n) is 5.14. The Morgan fingerprint density at radius 3 is 2.40 bits per heavy atom. The molecule has 25 heavy (non-hydrogen) atoms. The van der Waals surface area contributed by atoms with Crippen LogP contribution in [-0.4, -0.2) is 23.3 Å². The molecule has 0 aliphatic rings. The highest BCUT2D eigenvalue weighted by molar-refractivity contribution is 5.92. The van der Waals surface area contributed by atoms with Gasteiger partial charge in [-0.05, 0) is 35.9 Å². The first kappa shape index (κ1) is 18.3. The Morgan fingerprint density at radius 2 is 1.72 bits per heavy atom. The molecule has 1 aromatic heterocycles. The third-order valence-corrected chi connectivity index (χ3v) is 3.29. The zero-order valence-corrected chi connectivity index (χ0v) is 13.3. The number of hydrogen-bond donors (Lipinski definition) is 2. The summed E-state index contributed by atoms with van der Waals surface area (Å²) in [4.78, 5) is 27.2. The normalized spacial score (nSPS) is 10.6. The number of nitrogens with one attached hydrogen (secondary N) is 2. The largest absolute Gasteiger partial charge is 0.352 e. The molecule has 2 amide bonds. The minimum absolute atomic E-state index is 0.0960. The van der Waals surface area contributed by atoms with Crippen LogP contribution in [0.25, 0.3) is 6.08 Å². The van der Waals surface area contributed by atoms with Crippen LogP contribution in [-0.2, 0) is 16.1 Å². The van der Waals surface area contributed by atoms with Gasteiger partial charge >= 0.3 is 0 Å². The maximum absolute atomic E-state index is 13.4. The van der Waals surface area contributed by atoms with Crippen LogP contribution in [0.2, 0.25) is 0 Å². The molecule has 0 saturated carbocycles. The van der Waals surface area contributed by atoms with E-state index in [0.717, 1.165) is 29.8 Å². The maximum atomic E-state index is 13.4. The molecule has 0 radical (unpaired) electrons. The first-order chi connectivity index (χ1) is 12.1.